The minimum Gasteiger partial charge on any atom is -0.487 e. The second-order valence-corrected chi connectivity index (χ2v) is 9.57. The zero-order valence-corrected chi connectivity index (χ0v) is 20.6. The van der Waals surface area contributed by atoms with Crippen molar-refractivity contribution in [3.8, 4) is 5.75 Å². The van der Waals surface area contributed by atoms with E-state index in [4.69, 9.17) is 4.74 Å². The smallest absolute Gasteiger partial charge is 0.266 e. The van der Waals surface area contributed by atoms with Crippen LogP contribution in [-0.2, 0) is 6.42 Å². The van der Waals surface area contributed by atoms with Gasteiger partial charge in [0.25, 0.3) is 6.08 Å². The number of hydrogen-bond acceptors (Lipinski definition) is 1. The number of allylic oxidation sites excluding steroid dienone is 5. The normalized spacial score (nSPS) is 19.1. The van der Waals surface area contributed by atoms with Crippen molar-refractivity contribution < 1.29 is 13.5 Å². The van der Waals surface area contributed by atoms with Crippen LogP contribution in [0.25, 0.3) is 0 Å². The maximum atomic E-state index is 12.1. The van der Waals surface area contributed by atoms with E-state index >= 15 is 0 Å². The standard InChI is InChI=1S/C28H40F2O/c1-19(13-9-15-26(29)30)11-8-12-20(2)14-10-17-28(7)18-16-25-23(5)21(3)22(4)24(6)27(25)31-28/h11,14-15H,8-10,12-13,16-18H2,1-7H3/b19-11+,20-14+/t28-/m1/s1. The number of halogens is 2. The Balaban J connectivity index is 1.88. The molecule has 1 aromatic carbocycles. The van der Waals surface area contributed by atoms with Gasteiger partial charge in [-0.1, -0.05) is 23.3 Å². The number of fused-ring (bicyclic) bond motifs is 1. The Hall–Kier alpha value is -1.90. The van der Waals surface area contributed by atoms with Gasteiger partial charge in [0.1, 0.15) is 11.4 Å². The van der Waals surface area contributed by atoms with E-state index in [1.807, 2.05) is 6.92 Å². The second-order valence-electron chi connectivity index (χ2n) is 9.57. The summed E-state index contributed by atoms with van der Waals surface area (Å²) in [6, 6.07) is 0. The van der Waals surface area contributed by atoms with Crippen LogP contribution >= 0.6 is 0 Å². The largest absolute Gasteiger partial charge is 0.487 e. The molecule has 1 aromatic rings. The van der Waals surface area contributed by atoms with E-state index in [1.165, 1.54) is 39.0 Å². The quantitative estimate of drug-likeness (QED) is 0.355. The number of benzene rings is 1. The number of rotatable bonds is 9. The molecule has 0 unspecified atom stereocenters. The predicted octanol–water partition coefficient (Wildman–Crippen LogP) is 9.02. The summed E-state index contributed by atoms with van der Waals surface area (Å²) in [4.78, 5) is 0. The van der Waals surface area contributed by atoms with E-state index in [2.05, 4.69) is 53.7 Å². The molecule has 1 aliphatic rings. The van der Waals surface area contributed by atoms with Gasteiger partial charge in [-0.3, -0.25) is 0 Å². The minimum absolute atomic E-state index is 0.113. The Morgan fingerprint density at radius 2 is 1.39 bits per heavy atom. The van der Waals surface area contributed by atoms with Crippen molar-refractivity contribution in [1.29, 1.82) is 0 Å². The highest BCUT2D eigenvalue weighted by molar-refractivity contribution is 5.55. The summed E-state index contributed by atoms with van der Waals surface area (Å²) in [5.74, 6) is 1.12. The van der Waals surface area contributed by atoms with Gasteiger partial charge in [-0.25, -0.2) is 0 Å². The fraction of sp³-hybridized carbons (Fsp3) is 0.571. The van der Waals surface area contributed by atoms with E-state index in [-0.39, 0.29) is 5.60 Å². The second kappa shape index (κ2) is 11.1. The van der Waals surface area contributed by atoms with E-state index in [1.54, 1.807) is 0 Å². The third-order valence-electron chi connectivity index (χ3n) is 7.04. The fourth-order valence-corrected chi connectivity index (χ4v) is 4.44. The summed E-state index contributed by atoms with van der Waals surface area (Å²) in [7, 11) is 0. The first kappa shape index (κ1) is 25.4. The maximum Gasteiger partial charge on any atom is 0.266 e. The summed E-state index contributed by atoms with van der Waals surface area (Å²) in [6.45, 7) is 15.3. The van der Waals surface area contributed by atoms with Gasteiger partial charge in [0.2, 0.25) is 0 Å². The Kier molecular flexibility index (Phi) is 9.09. The Morgan fingerprint density at radius 1 is 0.839 bits per heavy atom. The predicted molar refractivity (Wildman–Crippen MR) is 128 cm³/mol. The molecule has 3 heteroatoms. The first-order valence-corrected chi connectivity index (χ1v) is 11.6. The van der Waals surface area contributed by atoms with E-state index in [0.29, 0.717) is 12.8 Å². The van der Waals surface area contributed by atoms with Crippen molar-refractivity contribution in [3.05, 3.63) is 63.3 Å². The van der Waals surface area contributed by atoms with E-state index < -0.39 is 6.08 Å². The molecule has 0 aromatic heterocycles. The SMILES string of the molecule is C/C(=C\CC/C(C)=C/CC[C@]1(C)CCc2c(C)c(C)c(C)c(C)c2O1)CCC=C(F)F. The van der Waals surface area contributed by atoms with E-state index in [0.717, 1.165) is 50.4 Å². The third-order valence-corrected chi connectivity index (χ3v) is 7.04. The molecule has 172 valence electrons. The molecule has 1 nitrogen and oxygen atoms in total. The monoisotopic (exact) mass is 430 g/mol. The lowest BCUT2D eigenvalue weighted by atomic mass is 9.83. The van der Waals surface area contributed by atoms with Crippen LogP contribution in [0, 0.1) is 27.7 Å². The summed E-state index contributed by atoms with van der Waals surface area (Å²) in [6.07, 6.45) is 11.2. The van der Waals surface area contributed by atoms with Crippen molar-refractivity contribution in [2.24, 2.45) is 0 Å². The molecular weight excluding hydrogens is 390 g/mol. The maximum absolute atomic E-state index is 12.1. The molecular formula is C28H40F2O. The van der Waals surface area contributed by atoms with Gasteiger partial charge in [-0.05, 0) is 134 Å². The van der Waals surface area contributed by atoms with Gasteiger partial charge in [0.15, 0.2) is 0 Å². The molecule has 31 heavy (non-hydrogen) atoms. The first-order valence-electron chi connectivity index (χ1n) is 11.6. The highest BCUT2D eigenvalue weighted by Crippen LogP contribution is 2.42. The molecule has 0 bridgehead atoms. The zero-order chi connectivity index (χ0) is 23.2. The molecule has 1 heterocycles. The molecule has 0 amide bonds. The third kappa shape index (κ3) is 7.05. The van der Waals surface area contributed by atoms with Crippen LogP contribution in [0.4, 0.5) is 8.78 Å². The molecule has 0 aliphatic carbocycles. The lowest BCUT2D eigenvalue weighted by molar-refractivity contribution is 0.0560. The summed E-state index contributed by atoms with van der Waals surface area (Å²) in [5.41, 5.74) is 9.30. The Labute approximate surface area is 188 Å². The average molecular weight is 431 g/mol. The summed E-state index contributed by atoms with van der Waals surface area (Å²) >= 11 is 0. The van der Waals surface area contributed by atoms with Gasteiger partial charge in [-0.15, -0.1) is 0 Å². The molecule has 2 rings (SSSR count). The van der Waals surface area contributed by atoms with Crippen molar-refractivity contribution >= 4 is 0 Å². The average Bonchev–Trinajstić information content (AvgIpc) is 2.70. The van der Waals surface area contributed by atoms with Crippen molar-refractivity contribution in [1.82, 2.24) is 0 Å². The van der Waals surface area contributed by atoms with Crippen molar-refractivity contribution in [2.45, 2.75) is 105 Å². The van der Waals surface area contributed by atoms with Gasteiger partial charge in [0, 0.05) is 0 Å². The Morgan fingerprint density at radius 3 is 2.00 bits per heavy atom. The van der Waals surface area contributed by atoms with Gasteiger partial charge >= 0.3 is 0 Å². The molecule has 0 spiro atoms. The van der Waals surface area contributed by atoms with E-state index in [9.17, 15) is 8.78 Å². The van der Waals surface area contributed by atoms with Gasteiger partial charge in [0.05, 0.1) is 0 Å². The van der Waals surface area contributed by atoms with Crippen molar-refractivity contribution in [2.75, 3.05) is 0 Å². The molecule has 0 radical (unpaired) electrons. The highest BCUT2D eigenvalue weighted by atomic mass is 19.3. The van der Waals surface area contributed by atoms with Gasteiger partial charge < -0.3 is 4.74 Å². The van der Waals surface area contributed by atoms with Crippen LogP contribution < -0.4 is 4.74 Å². The lowest BCUT2D eigenvalue weighted by Gasteiger charge is -2.38. The van der Waals surface area contributed by atoms with Crippen LogP contribution in [0.2, 0.25) is 0 Å². The van der Waals surface area contributed by atoms with Crippen LogP contribution in [0.1, 0.15) is 93.5 Å². The molecule has 0 N–H and O–H groups in total. The van der Waals surface area contributed by atoms with Crippen LogP contribution in [0.5, 0.6) is 5.75 Å². The topological polar surface area (TPSA) is 9.23 Å². The van der Waals surface area contributed by atoms with Crippen LogP contribution in [0.3, 0.4) is 0 Å². The first-order chi connectivity index (χ1) is 14.5. The molecule has 0 saturated heterocycles. The summed E-state index contributed by atoms with van der Waals surface area (Å²) < 4.78 is 30.8. The molecule has 0 saturated carbocycles. The lowest BCUT2D eigenvalue weighted by Crippen LogP contribution is -2.37. The fourth-order valence-electron chi connectivity index (χ4n) is 4.44. The Bertz CT molecular complexity index is 872. The minimum atomic E-state index is -1.58. The molecule has 0 fully saturated rings. The van der Waals surface area contributed by atoms with Crippen LogP contribution in [-0.4, -0.2) is 5.60 Å². The summed E-state index contributed by atoms with van der Waals surface area (Å²) in [5, 5.41) is 0. The number of ether oxygens (including phenoxy) is 1. The van der Waals surface area contributed by atoms with Gasteiger partial charge in [-0.2, -0.15) is 8.78 Å². The highest BCUT2D eigenvalue weighted by Gasteiger charge is 2.33. The van der Waals surface area contributed by atoms with Crippen LogP contribution in [0.15, 0.2) is 35.5 Å². The van der Waals surface area contributed by atoms with Crippen molar-refractivity contribution in [3.63, 3.8) is 0 Å². The molecule has 1 atom stereocenters. The number of hydrogen-bond donors (Lipinski definition) is 0. The molecule has 1 aliphatic heterocycles. The zero-order valence-electron chi connectivity index (χ0n) is 20.6.